The van der Waals surface area contributed by atoms with Crippen molar-refractivity contribution in [3.05, 3.63) is 54.1 Å². The number of anilines is 1. The summed E-state index contributed by atoms with van der Waals surface area (Å²) in [6.45, 7) is 1.16. The number of pyridine rings is 1. The van der Waals surface area contributed by atoms with Crippen molar-refractivity contribution < 1.29 is 9.18 Å². The van der Waals surface area contributed by atoms with Crippen molar-refractivity contribution in [2.75, 3.05) is 18.4 Å². The number of hydrogen-bond acceptors (Lipinski definition) is 5. The molecule has 2 heterocycles. The molecule has 2 aromatic heterocycles. The SMILES string of the molecule is O=C(NCCCNc1nsc2ccccc12)c1cccc(F)n1. The summed E-state index contributed by atoms with van der Waals surface area (Å²) in [5, 5.41) is 7.08. The van der Waals surface area contributed by atoms with Gasteiger partial charge in [0, 0.05) is 18.5 Å². The van der Waals surface area contributed by atoms with Gasteiger partial charge in [0.2, 0.25) is 5.95 Å². The first-order valence-corrected chi connectivity index (χ1v) is 8.00. The highest BCUT2D eigenvalue weighted by atomic mass is 32.1. The summed E-state index contributed by atoms with van der Waals surface area (Å²) in [5.41, 5.74) is 0.0865. The van der Waals surface area contributed by atoms with Crippen molar-refractivity contribution in [2.24, 2.45) is 0 Å². The van der Waals surface area contributed by atoms with Gasteiger partial charge in [-0.2, -0.15) is 8.76 Å². The van der Waals surface area contributed by atoms with Crippen molar-refractivity contribution in [1.82, 2.24) is 14.7 Å². The molecule has 1 amide bonds. The van der Waals surface area contributed by atoms with Crippen molar-refractivity contribution in [3.63, 3.8) is 0 Å². The van der Waals surface area contributed by atoms with E-state index in [2.05, 4.69) is 20.0 Å². The Kier molecular flexibility index (Phi) is 4.77. The van der Waals surface area contributed by atoms with Crippen LogP contribution >= 0.6 is 11.5 Å². The van der Waals surface area contributed by atoms with Crippen molar-refractivity contribution in [2.45, 2.75) is 6.42 Å². The van der Waals surface area contributed by atoms with E-state index in [4.69, 9.17) is 0 Å². The van der Waals surface area contributed by atoms with Crippen LogP contribution in [-0.4, -0.2) is 28.4 Å². The van der Waals surface area contributed by atoms with Gasteiger partial charge in [-0.1, -0.05) is 18.2 Å². The molecule has 3 aromatic rings. The zero-order valence-electron chi connectivity index (χ0n) is 12.3. The summed E-state index contributed by atoms with van der Waals surface area (Å²) in [6, 6.07) is 12.2. The first-order valence-electron chi connectivity index (χ1n) is 7.23. The van der Waals surface area contributed by atoms with E-state index in [-0.39, 0.29) is 11.6 Å². The van der Waals surface area contributed by atoms with Crippen LogP contribution in [0.5, 0.6) is 0 Å². The minimum Gasteiger partial charge on any atom is -0.369 e. The van der Waals surface area contributed by atoms with Gasteiger partial charge in [0.05, 0.1) is 4.70 Å². The lowest BCUT2D eigenvalue weighted by Crippen LogP contribution is -2.26. The number of fused-ring (bicyclic) bond motifs is 1. The van der Waals surface area contributed by atoms with Crippen LogP contribution in [0.3, 0.4) is 0 Å². The molecule has 1 aromatic carbocycles. The second-order valence-corrected chi connectivity index (χ2v) is 5.71. The van der Waals surface area contributed by atoms with E-state index in [0.717, 1.165) is 22.3 Å². The maximum absolute atomic E-state index is 12.9. The zero-order valence-corrected chi connectivity index (χ0v) is 13.1. The number of rotatable bonds is 6. The molecule has 0 radical (unpaired) electrons. The standard InChI is InChI=1S/C16H15FN4OS/c17-14-8-3-6-12(20-14)16(22)19-10-4-9-18-15-11-5-1-2-7-13(11)23-21-15/h1-3,5-8H,4,9-10H2,(H,18,21)(H,19,22). The van der Waals surface area contributed by atoms with E-state index in [1.165, 1.54) is 29.7 Å². The maximum atomic E-state index is 12.9. The maximum Gasteiger partial charge on any atom is 0.269 e. The van der Waals surface area contributed by atoms with Gasteiger partial charge >= 0.3 is 0 Å². The number of nitrogens with one attached hydrogen (secondary N) is 2. The molecule has 7 heteroatoms. The predicted molar refractivity (Wildman–Crippen MR) is 89.3 cm³/mol. The number of halogens is 1. The van der Waals surface area contributed by atoms with Crippen LogP contribution in [-0.2, 0) is 0 Å². The molecule has 0 saturated carbocycles. The van der Waals surface area contributed by atoms with Gasteiger partial charge in [0.15, 0.2) is 0 Å². The molecule has 118 valence electrons. The van der Waals surface area contributed by atoms with Crippen molar-refractivity contribution in [1.29, 1.82) is 0 Å². The third-order valence-electron chi connectivity index (χ3n) is 3.26. The van der Waals surface area contributed by atoms with E-state index in [0.29, 0.717) is 13.1 Å². The number of carbonyl (C=O) groups is 1. The number of aromatic nitrogens is 2. The molecule has 0 aliphatic carbocycles. The fourth-order valence-electron chi connectivity index (χ4n) is 2.14. The minimum atomic E-state index is -0.658. The summed E-state index contributed by atoms with van der Waals surface area (Å²) >= 11 is 1.46. The summed E-state index contributed by atoms with van der Waals surface area (Å²) in [4.78, 5) is 15.3. The van der Waals surface area contributed by atoms with E-state index in [1.54, 1.807) is 0 Å². The molecule has 5 nitrogen and oxygen atoms in total. The molecular formula is C16H15FN4OS. The molecule has 0 spiro atoms. The van der Waals surface area contributed by atoms with E-state index < -0.39 is 5.95 Å². The molecule has 0 unspecified atom stereocenters. The quantitative estimate of drug-likeness (QED) is 0.538. The third-order valence-corrected chi connectivity index (χ3v) is 4.08. The van der Waals surface area contributed by atoms with Gasteiger partial charge in [0.25, 0.3) is 5.91 Å². The van der Waals surface area contributed by atoms with E-state index >= 15 is 0 Å². The highest BCUT2D eigenvalue weighted by Crippen LogP contribution is 2.25. The van der Waals surface area contributed by atoms with E-state index in [1.807, 2.05) is 24.3 Å². The second-order valence-electron chi connectivity index (χ2n) is 4.91. The van der Waals surface area contributed by atoms with Crippen LogP contribution in [0.25, 0.3) is 10.1 Å². The van der Waals surface area contributed by atoms with Gasteiger partial charge < -0.3 is 10.6 Å². The molecule has 0 aliphatic rings. The first-order chi connectivity index (χ1) is 11.2. The Hall–Kier alpha value is -2.54. The van der Waals surface area contributed by atoms with E-state index in [9.17, 15) is 9.18 Å². The van der Waals surface area contributed by atoms with Gasteiger partial charge in [-0.25, -0.2) is 4.98 Å². The largest absolute Gasteiger partial charge is 0.369 e. The molecule has 3 rings (SSSR count). The molecule has 0 fully saturated rings. The van der Waals surface area contributed by atoms with Crippen LogP contribution in [0.15, 0.2) is 42.5 Å². The monoisotopic (exact) mass is 330 g/mol. The van der Waals surface area contributed by atoms with Crippen LogP contribution in [0.1, 0.15) is 16.9 Å². The van der Waals surface area contributed by atoms with Crippen LogP contribution < -0.4 is 10.6 Å². The van der Waals surface area contributed by atoms with Crippen LogP contribution in [0, 0.1) is 5.95 Å². The number of amides is 1. The smallest absolute Gasteiger partial charge is 0.269 e. The molecule has 0 saturated heterocycles. The first kappa shape index (κ1) is 15.4. The van der Waals surface area contributed by atoms with Gasteiger partial charge in [-0.15, -0.1) is 0 Å². The predicted octanol–water partition coefficient (Wildman–Crippen LogP) is 3.06. The lowest BCUT2D eigenvalue weighted by atomic mass is 10.2. The van der Waals surface area contributed by atoms with Crippen LogP contribution in [0.2, 0.25) is 0 Å². The fraction of sp³-hybridized carbons (Fsp3) is 0.188. The Balaban J connectivity index is 1.44. The third kappa shape index (κ3) is 3.81. The normalized spacial score (nSPS) is 10.7. The minimum absolute atomic E-state index is 0.0865. The summed E-state index contributed by atoms with van der Waals surface area (Å²) in [6.07, 6.45) is 0.729. The van der Waals surface area contributed by atoms with Gasteiger partial charge in [-0.05, 0) is 42.2 Å². The highest BCUT2D eigenvalue weighted by molar-refractivity contribution is 7.13. The molecule has 0 aliphatic heterocycles. The summed E-state index contributed by atoms with van der Waals surface area (Å²) in [7, 11) is 0. The fourth-order valence-corrected chi connectivity index (χ4v) is 2.89. The van der Waals surface area contributed by atoms with Crippen LogP contribution in [0.4, 0.5) is 10.2 Å². The topological polar surface area (TPSA) is 66.9 Å². The summed E-state index contributed by atoms with van der Waals surface area (Å²) in [5.74, 6) is -0.165. The Morgan fingerprint density at radius 3 is 2.87 bits per heavy atom. The average Bonchev–Trinajstić information content (AvgIpc) is 2.98. The van der Waals surface area contributed by atoms with Crippen molar-refractivity contribution >= 4 is 33.3 Å². The second kappa shape index (κ2) is 7.15. The number of nitrogens with zero attached hydrogens (tertiary/aromatic N) is 2. The highest BCUT2D eigenvalue weighted by Gasteiger charge is 2.07. The molecule has 23 heavy (non-hydrogen) atoms. The van der Waals surface area contributed by atoms with Gasteiger partial charge in [0.1, 0.15) is 11.5 Å². The van der Waals surface area contributed by atoms with Crippen molar-refractivity contribution in [3.8, 4) is 0 Å². The summed E-state index contributed by atoms with van der Waals surface area (Å²) < 4.78 is 18.5. The Morgan fingerprint density at radius 1 is 1.13 bits per heavy atom. The zero-order chi connectivity index (χ0) is 16.1. The Bertz CT molecular complexity index is 820. The lowest BCUT2D eigenvalue weighted by molar-refractivity contribution is 0.0947. The molecular weight excluding hydrogens is 315 g/mol. The molecule has 0 atom stereocenters. The Labute approximate surface area is 136 Å². The number of carbonyl (C=O) groups excluding carboxylic acids is 1. The number of benzene rings is 1. The lowest BCUT2D eigenvalue weighted by Gasteiger charge is -2.06. The Morgan fingerprint density at radius 2 is 2.00 bits per heavy atom. The van der Waals surface area contributed by atoms with Gasteiger partial charge in [-0.3, -0.25) is 4.79 Å². The molecule has 0 bridgehead atoms. The molecule has 2 N–H and O–H groups in total. The average molecular weight is 330 g/mol. The number of hydrogen-bond donors (Lipinski definition) is 2.